The van der Waals surface area contributed by atoms with Gasteiger partial charge in [-0.25, -0.2) is 0 Å². The van der Waals surface area contributed by atoms with Gasteiger partial charge in [-0.2, -0.15) is 0 Å². The van der Waals surface area contributed by atoms with Crippen molar-refractivity contribution < 1.29 is 4.74 Å². The zero-order chi connectivity index (χ0) is 10.3. The third-order valence-corrected chi connectivity index (χ3v) is 2.44. The van der Waals surface area contributed by atoms with Crippen molar-refractivity contribution in [1.29, 1.82) is 0 Å². The number of rotatable bonds is 7. The number of nitrogens with one attached hydrogen (secondary N) is 1. The molecule has 0 saturated heterocycles. The molecule has 0 heterocycles. The standard InChI is InChI=1S/C10H24N2O/c1-5-9(6-2)10(12-11)7-13-8(3)4/h8-10,12H,5-7,11H2,1-4H3. The lowest BCUT2D eigenvalue weighted by atomic mass is 9.95. The molecular formula is C10H24N2O. The molecule has 0 aliphatic heterocycles. The molecule has 3 heteroatoms. The summed E-state index contributed by atoms with van der Waals surface area (Å²) in [6.45, 7) is 9.17. The first kappa shape index (κ1) is 12.9. The van der Waals surface area contributed by atoms with E-state index in [9.17, 15) is 0 Å². The highest BCUT2D eigenvalue weighted by molar-refractivity contribution is 4.72. The van der Waals surface area contributed by atoms with Crippen LogP contribution in [0.4, 0.5) is 0 Å². The van der Waals surface area contributed by atoms with Gasteiger partial charge in [0.1, 0.15) is 0 Å². The molecule has 0 aromatic rings. The van der Waals surface area contributed by atoms with Crippen LogP contribution in [0, 0.1) is 5.92 Å². The molecule has 0 aromatic heterocycles. The molecule has 0 fully saturated rings. The average Bonchev–Trinajstić information content (AvgIpc) is 2.11. The maximum Gasteiger partial charge on any atom is 0.0639 e. The van der Waals surface area contributed by atoms with E-state index in [1.54, 1.807) is 0 Å². The quantitative estimate of drug-likeness (QED) is 0.472. The summed E-state index contributed by atoms with van der Waals surface area (Å²) in [5.41, 5.74) is 2.83. The normalized spacial score (nSPS) is 14.1. The van der Waals surface area contributed by atoms with Crippen molar-refractivity contribution in [3.8, 4) is 0 Å². The van der Waals surface area contributed by atoms with Crippen LogP contribution in [0.25, 0.3) is 0 Å². The van der Waals surface area contributed by atoms with Gasteiger partial charge in [0, 0.05) is 6.04 Å². The van der Waals surface area contributed by atoms with Crippen LogP contribution in [0.5, 0.6) is 0 Å². The van der Waals surface area contributed by atoms with E-state index in [0.29, 0.717) is 12.5 Å². The number of hydrogen-bond acceptors (Lipinski definition) is 3. The Kier molecular flexibility index (Phi) is 7.23. The predicted molar refractivity (Wildman–Crippen MR) is 56.3 cm³/mol. The minimum Gasteiger partial charge on any atom is -0.377 e. The third-order valence-electron chi connectivity index (χ3n) is 2.44. The molecular weight excluding hydrogens is 164 g/mol. The second kappa shape index (κ2) is 7.30. The van der Waals surface area contributed by atoms with Crippen molar-refractivity contribution >= 4 is 0 Å². The molecule has 0 aliphatic carbocycles. The smallest absolute Gasteiger partial charge is 0.0639 e. The van der Waals surface area contributed by atoms with Crippen LogP contribution in [-0.2, 0) is 4.74 Å². The van der Waals surface area contributed by atoms with E-state index in [1.807, 2.05) is 13.8 Å². The van der Waals surface area contributed by atoms with Crippen molar-refractivity contribution in [1.82, 2.24) is 5.43 Å². The lowest BCUT2D eigenvalue weighted by Gasteiger charge is -2.25. The molecule has 80 valence electrons. The Hall–Kier alpha value is -0.120. The Balaban J connectivity index is 3.85. The summed E-state index contributed by atoms with van der Waals surface area (Å²) >= 11 is 0. The van der Waals surface area contributed by atoms with E-state index in [0.717, 1.165) is 12.8 Å². The summed E-state index contributed by atoms with van der Waals surface area (Å²) in [6.07, 6.45) is 2.57. The second-order valence-electron chi connectivity index (χ2n) is 3.73. The number of nitrogens with two attached hydrogens (primary N) is 1. The average molecular weight is 188 g/mol. The number of hydrazine groups is 1. The molecule has 0 rings (SSSR count). The van der Waals surface area contributed by atoms with E-state index < -0.39 is 0 Å². The van der Waals surface area contributed by atoms with Gasteiger partial charge in [-0.1, -0.05) is 26.7 Å². The van der Waals surface area contributed by atoms with Crippen molar-refractivity contribution in [3.05, 3.63) is 0 Å². The predicted octanol–water partition coefficient (Wildman–Crippen LogP) is 1.68. The zero-order valence-electron chi connectivity index (χ0n) is 9.34. The van der Waals surface area contributed by atoms with Gasteiger partial charge in [-0.05, 0) is 19.8 Å². The van der Waals surface area contributed by atoms with Crippen molar-refractivity contribution in [2.75, 3.05) is 6.61 Å². The summed E-state index contributed by atoms with van der Waals surface area (Å²) in [5.74, 6) is 6.10. The summed E-state index contributed by atoms with van der Waals surface area (Å²) in [4.78, 5) is 0. The van der Waals surface area contributed by atoms with Crippen LogP contribution in [0.2, 0.25) is 0 Å². The highest BCUT2D eigenvalue weighted by atomic mass is 16.5. The van der Waals surface area contributed by atoms with Gasteiger partial charge in [0.2, 0.25) is 0 Å². The van der Waals surface area contributed by atoms with Gasteiger partial charge in [0.15, 0.2) is 0 Å². The fraction of sp³-hybridized carbons (Fsp3) is 1.00. The van der Waals surface area contributed by atoms with E-state index in [2.05, 4.69) is 19.3 Å². The van der Waals surface area contributed by atoms with Gasteiger partial charge in [-0.15, -0.1) is 0 Å². The topological polar surface area (TPSA) is 47.3 Å². The number of hydrogen-bond donors (Lipinski definition) is 2. The largest absolute Gasteiger partial charge is 0.377 e. The molecule has 3 N–H and O–H groups in total. The SMILES string of the molecule is CCC(CC)C(COC(C)C)NN. The fourth-order valence-electron chi connectivity index (χ4n) is 1.47. The van der Waals surface area contributed by atoms with Gasteiger partial charge in [0.05, 0.1) is 12.7 Å². The molecule has 1 unspecified atom stereocenters. The Labute approximate surface area is 82.0 Å². The van der Waals surface area contributed by atoms with Crippen LogP contribution >= 0.6 is 0 Å². The van der Waals surface area contributed by atoms with Crippen LogP contribution < -0.4 is 11.3 Å². The minimum absolute atomic E-state index is 0.283. The molecule has 0 bridgehead atoms. The summed E-state index contributed by atoms with van der Waals surface area (Å²) in [6, 6.07) is 0.289. The van der Waals surface area contributed by atoms with Crippen molar-refractivity contribution in [3.63, 3.8) is 0 Å². The Morgan fingerprint density at radius 3 is 2.08 bits per heavy atom. The van der Waals surface area contributed by atoms with Gasteiger partial charge in [-0.3, -0.25) is 11.3 Å². The van der Waals surface area contributed by atoms with Gasteiger partial charge >= 0.3 is 0 Å². The summed E-state index contributed by atoms with van der Waals surface area (Å²) in [5, 5.41) is 0. The van der Waals surface area contributed by atoms with Crippen LogP contribution in [0.15, 0.2) is 0 Å². The summed E-state index contributed by atoms with van der Waals surface area (Å²) in [7, 11) is 0. The van der Waals surface area contributed by atoms with Crippen LogP contribution in [-0.4, -0.2) is 18.8 Å². The van der Waals surface area contributed by atoms with E-state index in [-0.39, 0.29) is 12.1 Å². The minimum atomic E-state index is 0.283. The lowest BCUT2D eigenvalue weighted by Crippen LogP contribution is -2.44. The highest BCUT2D eigenvalue weighted by Gasteiger charge is 2.17. The van der Waals surface area contributed by atoms with E-state index in [4.69, 9.17) is 10.6 Å². The zero-order valence-corrected chi connectivity index (χ0v) is 9.34. The first-order chi connectivity index (χ1) is 6.15. The molecule has 1 atom stereocenters. The maximum atomic E-state index is 5.54. The molecule has 0 aliphatic rings. The first-order valence-electron chi connectivity index (χ1n) is 5.23. The van der Waals surface area contributed by atoms with Crippen molar-refractivity contribution in [2.24, 2.45) is 11.8 Å². The van der Waals surface area contributed by atoms with E-state index >= 15 is 0 Å². The molecule has 3 nitrogen and oxygen atoms in total. The third kappa shape index (κ3) is 5.24. The highest BCUT2D eigenvalue weighted by Crippen LogP contribution is 2.13. The fourth-order valence-corrected chi connectivity index (χ4v) is 1.47. The molecule has 0 amide bonds. The molecule has 0 radical (unpaired) electrons. The van der Waals surface area contributed by atoms with Gasteiger partial charge < -0.3 is 4.74 Å². The summed E-state index contributed by atoms with van der Waals surface area (Å²) < 4.78 is 5.54. The molecule has 0 saturated carbocycles. The van der Waals surface area contributed by atoms with E-state index in [1.165, 1.54) is 0 Å². The maximum absolute atomic E-state index is 5.54. The first-order valence-corrected chi connectivity index (χ1v) is 5.23. The van der Waals surface area contributed by atoms with Crippen LogP contribution in [0.3, 0.4) is 0 Å². The molecule has 0 aromatic carbocycles. The second-order valence-corrected chi connectivity index (χ2v) is 3.73. The number of ether oxygens (including phenoxy) is 1. The lowest BCUT2D eigenvalue weighted by molar-refractivity contribution is 0.0470. The van der Waals surface area contributed by atoms with Gasteiger partial charge in [0.25, 0.3) is 0 Å². The monoisotopic (exact) mass is 188 g/mol. The Bertz CT molecular complexity index is 113. The Morgan fingerprint density at radius 2 is 1.77 bits per heavy atom. The Morgan fingerprint density at radius 1 is 1.23 bits per heavy atom. The van der Waals surface area contributed by atoms with Crippen molar-refractivity contribution in [2.45, 2.75) is 52.7 Å². The molecule has 13 heavy (non-hydrogen) atoms. The van der Waals surface area contributed by atoms with Crippen LogP contribution in [0.1, 0.15) is 40.5 Å². The molecule has 0 spiro atoms.